The maximum Gasteiger partial charge on any atom is 0.251 e. The van der Waals surface area contributed by atoms with Crippen molar-refractivity contribution in [2.24, 2.45) is 7.05 Å². The van der Waals surface area contributed by atoms with Crippen LogP contribution in [0.5, 0.6) is 0 Å². The molecule has 2 heterocycles. The standard InChI is InChI=1S/C20H20N2OS/c1-21-8-9-24-19-12-16-15(10-14-6-4-3-5-7-14)11-20(23)22(2)17(16)13-18(19)21/h3-7,11-13H,8-10H2,1-2H3. The highest BCUT2D eigenvalue weighted by Crippen LogP contribution is 2.37. The minimum Gasteiger partial charge on any atom is -0.373 e. The molecule has 0 amide bonds. The van der Waals surface area contributed by atoms with Crippen molar-refractivity contribution >= 4 is 28.4 Å². The molecule has 4 rings (SSSR count). The van der Waals surface area contributed by atoms with E-state index in [9.17, 15) is 4.79 Å². The smallest absolute Gasteiger partial charge is 0.251 e. The van der Waals surface area contributed by atoms with Gasteiger partial charge >= 0.3 is 0 Å². The molecule has 0 aliphatic carbocycles. The van der Waals surface area contributed by atoms with Gasteiger partial charge in [-0.15, -0.1) is 11.8 Å². The van der Waals surface area contributed by atoms with Crippen molar-refractivity contribution in [3.8, 4) is 0 Å². The Morgan fingerprint density at radius 3 is 2.67 bits per heavy atom. The third-order valence-electron chi connectivity index (χ3n) is 4.75. The Morgan fingerprint density at radius 1 is 1.08 bits per heavy atom. The molecule has 0 bridgehead atoms. The van der Waals surface area contributed by atoms with Crippen LogP contribution in [0.25, 0.3) is 10.9 Å². The zero-order chi connectivity index (χ0) is 16.7. The molecule has 122 valence electrons. The summed E-state index contributed by atoms with van der Waals surface area (Å²) in [6.45, 7) is 1.04. The van der Waals surface area contributed by atoms with Gasteiger partial charge in [0.2, 0.25) is 0 Å². The molecule has 0 atom stereocenters. The lowest BCUT2D eigenvalue weighted by atomic mass is 10.0. The number of pyridine rings is 1. The fourth-order valence-corrected chi connectivity index (χ4v) is 4.47. The van der Waals surface area contributed by atoms with Gasteiger partial charge in [0.25, 0.3) is 5.56 Å². The molecule has 4 heteroatoms. The van der Waals surface area contributed by atoms with Crippen molar-refractivity contribution in [3.63, 3.8) is 0 Å². The molecule has 0 unspecified atom stereocenters. The van der Waals surface area contributed by atoms with Crippen LogP contribution >= 0.6 is 11.8 Å². The number of rotatable bonds is 2. The van der Waals surface area contributed by atoms with Crippen LogP contribution in [0, 0.1) is 0 Å². The van der Waals surface area contributed by atoms with Crippen molar-refractivity contribution in [1.82, 2.24) is 4.57 Å². The molecule has 0 fully saturated rings. The van der Waals surface area contributed by atoms with Gasteiger partial charge in [-0.3, -0.25) is 4.79 Å². The second-order valence-corrected chi connectivity index (χ2v) is 7.47. The van der Waals surface area contributed by atoms with Crippen LogP contribution < -0.4 is 10.5 Å². The normalized spacial score (nSPS) is 14.0. The average molecular weight is 336 g/mol. The highest BCUT2D eigenvalue weighted by atomic mass is 32.2. The number of hydrogen-bond acceptors (Lipinski definition) is 3. The first-order valence-electron chi connectivity index (χ1n) is 8.18. The summed E-state index contributed by atoms with van der Waals surface area (Å²) < 4.78 is 1.76. The number of fused-ring (bicyclic) bond motifs is 2. The zero-order valence-electron chi connectivity index (χ0n) is 14.0. The molecule has 0 N–H and O–H groups in total. The highest BCUT2D eigenvalue weighted by Gasteiger charge is 2.18. The monoisotopic (exact) mass is 336 g/mol. The lowest BCUT2D eigenvalue weighted by molar-refractivity contribution is 0.892. The molecule has 1 aromatic heterocycles. The number of anilines is 1. The van der Waals surface area contributed by atoms with Gasteiger partial charge in [-0.05, 0) is 29.7 Å². The Balaban J connectivity index is 1.94. The van der Waals surface area contributed by atoms with Gasteiger partial charge in [-0.2, -0.15) is 0 Å². The second kappa shape index (κ2) is 6.02. The fraction of sp³-hybridized carbons (Fsp3) is 0.250. The van der Waals surface area contributed by atoms with E-state index in [1.54, 1.807) is 10.6 Å². The predicted molar refractivity (Wildman–Crippen MR) is 102 cm³/mol. The second-order valence-electron chi connectivity index (χ2n) is 6.34. The van der Waals surface area contributed by atoms with Crippen molar-refractivity contribution < 1.29 is 0 Å². The van der Waals surface area contributed by atoms with Crippen LogP contribution in [-0.2, 0) is 13.5 Å². The van der Waals surface area contributed by atoms with Gasteiger partial charge in [0.05, 0.1) is 11.2 Å². The van der Waals surface area contributed by atoms with Gasteiger partial charge in [-0.25, -0.2) is 0 Å². The van der Waals surface area contributed by atoms with Crippen molar-refractivity contribution in [2.75, 3.05) is 24.2 Å². The minimum atomic E-state index is 0.0551. The number of aryl methyl sites for hydroxylation is 1. The lowest BCUT2D eigenvalue weighted by Gasteiger charge is -2.28. The van der Waals surface area contributed by atoms with E-state index in [1.807, 2.05) is 37.0 Å². The van der Waals surface area contributed by atoms with E-state index in [0.29, 0.717) is 0 Å². The van der Waals surface area contributed by atoms with Gasteiger partial charge in [0, 0.05) is 42.7 Å². The average Bonchev–Trinajstić information content (AvgIpc) is 2.60. The van der Waals surface area contributed by atoms with Crippen LogP contribution in [0.1, 0.15) is 11.1 Å². The fourth-order valence-electron chi connectivity index (χ4n) is 3.32. The third-order valence-corrected chi connectivity index (χ3v) is 5.77. The molecule has 3 nitrogen and oxygen atoms in total. The largest absolute Gasteiger partial charge is 0.373 e. The zero-order valence-corrected chi connectivity index (χ0v) is 14.8. The van der Waals surface area contributed by atoms with Crippen LogP contribution in [0.15, 0.2) is 58.2 Å². The molecule has 24 heavy (non-hydrogen) atoms. The van der Waals surface area contributed by atoms with Gasteiger partial charge in [0.15, 0.2) is 0 Å². The highest BCUT2D eigenvalue weighted by molar-refractivity contribution is 7.99. The van der Waals surface area contributed by atoms with Crippen LogP contribution in [-0.4, -0.2) is 23.9 Å². The summed E-state index contributed by atoms with van der Waals surface area (Å²) in [6, 6.07) is 16.6. The lowest BCUT2D eigenvalue weighted by Crippen LogP contribution is -2.25. The van der Waals surface area contributed by atoms with E-state index < -0.39 is 0 Å². The summed E-state index contributed by atoms with van der Waals surface area (Å²) in [5.41, 5.74) is 4.64. The quantitative estimate of drug-likeness (QED) is 0.714. The molecule has 3 aromatic rings. The summed E-state index contributed by atoms with van der Waals surface area (Å²) in [5, 5.41) is 1.18. The number of aromatic nitrogens is 1. The van der Waals surface area contributed by atoms with E-state index in [4.69, 9.17) is 0 Å². The van der Waals surface area contributed by atoms with E-state index in [2.05, 4.69) is 36.2 Å². The van der Waals surface area contributed by atoms with Crippen LogP contribution in [0.3, 0.4) is 0 Å². The maximum absolute atomic E-state index is 12.4. The molecule has 1 aliphatic rings. The minimum absolute atomic E-state index is 0.0551. The van der Waals surface area contributed by atoms with E-state index in [1.165, 1.54) is 21.5 Å². The first-order chi connectivity index (χ1) is 11.6. The Hall–Kier alpha value is -2.20. The Morgan fingerprint density at radius 2 is 1.88 bits per heavy atom. The molecule has 1 aliphatic heterocycles. The summed E-state index contributed by atoms with van der Waals surface area (Å²) in [7, 11) is 3.98. The summed E-state index contributed by atoms with van der Waals surface area (Å²) >= 11 is 1.90. The Bertz CT molecular complexity index is 963. The van der Waals surface area contributed by atoms with Crippen LogP contribution in [0.4, 0.5) is 5.69 Å². The summed E-state index contributed by atoms with van der Waals surface area (Å²) in [6.07, 6.45) is 0.784. The number of hydrogen-bond donors (Lipinski definition) is 0. The van der Waals surface area contributed by atoms with Crippen molar-refractivity contribution in [1.29, 1.82) is 0 Å². The third kappa shape index (κ3) is 2.61. The summed E-state index contributed by atoms with van der Waals surface area (Å²) in [5.74, 6) is 1.11. The maximum atomic E-state index is 12.4. The summed E-state index contributed by atoms with van der Waals surface area (Å²) in [4.78, 5) is 16.0. The van der Waals surface area contributed by atoms with Gasteiger partial charge < -0.3 is 9.47 Å². The van der Waals surface area contributed by atoms with Crippen molar-refractivity contribution in [3.05, 3.63) is 70.0 Å². The Labute approximate surface area is 145 Å². The number of nitrogens with zero attached hydrogens (tertiary/aromatic N) is 2. The molecule has 0 saturated heterocycles. The van der Waals surface area contributed by atoms with E-state index >= 15 is 0 Å². The molecular weight excluding hydrogens is 316 g/mol. The first kappa shape index (κ1) is 15.3. The van der Waals surface area contributed by atoms with Gasteiger partial charge in [-0.1, -0.05) is 30.3 Å². The predicted octanol–water partition coefficient (Wildman–Crippen LogP) is 3.67. The Kier molecular flexibility index (Phi) is 3.85. The first-order valence-corrected chi connectivity index (χ1v) is 9.16. The molecule has 2 aromatic carbocycles. The topological polar surface area (TPSA) is 25.2 Å². The molecule has 0 saturated carbocycles. The van der Waals surface area contributed by atoms with Crippen molar-refractivity contribution in [2.45, 2.75) is 11.3 Å². The number of thioether (sulfide) groups is 1. The molecule has 0 spiro atoms. The molecule has 0 radical (unpaired) electrons. The number of benzene rings is 2. The SMILES string of the molecule is CN1CCSc2cc3c(Cc4ccccc4)cc(=O)n(C)c3cc21. The van der Waals surface area contributed by atoms with Crippen LogP contribution in [0.2, 0.25) is 0 Å². The van der Waals surface area contributed by atoms with Gasteiger partial charge in [0.1, 0.15) is 0 Å². The molecular formula is C20H20N2OS. The van der Waals surface area contributed by atoms with E-state index in [-0.39, 0.29) is 5.56 Å². The van der Waals surface area contributed by atoms with E-state index in [0.717, 1.165) is 29.8 Å².